The maximum atomic E-state index is 12.8. The first-order valence-corrected chi connectivity index (χ1v) is 11.8. The van der Waals surface area contributed by atoms with Crippen LogP contribution in [0.4, 0.5) is 0 Å². The van der Waals surface area contributed by atoms with E-state index in [0.29, 0.717) is 28.6 Å². The molecule has 1 aromatic carbocycles. The number of unbranched alkanes of at least 4 members (excludes halogenated alkanes) is 1. The number of nitrogens with zero attached hydrogens (tertiary/aromatic N) is 1. The molecule has 0 saturated heterocycles. The minimum atomic E-state index is -0.209. The Kier molecular flexibility index (Phi) is 8.70. The number of carbonyl (C=O) groups excluding carboxylic acids is 2. The number of ether oxygens (including phenoxy) is 2. The summed E-state index contributed by atoms with van der Waals surface area (Å²) >= 11 is 1.39. The standard InChI is InChI=1S/C23H31N3O4S/c1-3-4-13-21(27)24-16-9-5-6-10-17(16)26-23(28)18-15-31-22(25-18)14-30-20-12-8-7-11-19(20)29-2/h7-8,11-12,15-17H,3-6,9-10,13-14H2,1-2H3,(H,24,27)(H,26,28)/t16-,17-/m0/s1. The Hall–Kier alpha value is -2.61. The number of carbonyl (C=O) groups is 2. The summed E-state index contributed by atoms with van der Waals surface area (Å²) in [6, 6.07) is 7.33. The summed E-state index contributed by atoms with van der Waals surface area (Å²) in [7, 11) is 1.60. The summed E-state index contributed by atoms with van der Waals surface area (Å²) in [5, 5.41) is 8.65. The quantitative estimate of drug-likeness (QED) is 0.575. The first kappa shape index (κ1) is 23.1. The van der Waals surface area contributed by atoms with Crippen molar-refractivity contribution >= 4 is 23.2 Å². The van der Waals surface area contributed by atoms with Crippen LogP contribution in [-0.2, 0) is 11.4 Å². The topological polar surface area (TPSA) is 89.6 Å². The second-order valence-electron chi connectivity index (χ2n) is 7.71. The SMILES string of the molecule is CCCCC(=O)N[C@H]1CCCC[C@@H]1NC(=O)c1csc(COc2ccccc2OC)n1. The number of aromatic nitrogens is 1. The van der Waals surface area contributed by atoms with Gasteiger partial charge in [0.15, 0.2) is 11.5 Å². The van der Waals surface area contributed by atoms with Crippen molar-refractivity contribution in [2.75, 3.05) is 7.11 Å². The number of amides is 2. The van der Waals surface area contributed by atoms with Crippen molar-refractivity contribution in [3.63, 3.8) is 0 Å². The fraction of sp³-hybridized carbons (Fsp3) is 0.522. The molecule has 0 unspecified atom stereocenters. The number of hydrogen-bond acceptors (Lipinski definition) is 6. The predicted octanol–water partition coefficient (Wildman–Crippen LogP) is 4.08. The van der Waals surface area contributed by atoms with Crippen LogP contribution < -0.4 is 20.1 Å². The molecular weight excluding hydrogens is 414 g/mol. The van der Waals surface area contributed by atoms with Gasteiger partial charge in [0.25, 0.3) is 5.91 Å². The maximum Gasteiger partial charge on any atom is 0.271 e. The fourth-order valence-electron chi connectivity index (χ4n) is 3.69. The summed E-state index contributed by atoms with van der Waals surface area (Å²) in [5.74, 6) is 1.15. The van der Waals surface area contributed by atoms with Crippen LogP contribution in [0.1, 0.15) is 67.4 Å². The third kappa shape index (κ3) is 6.69. The molecule has 168 valence electrons. The van der Waals surface area contributed by atoms with Crippen LogP contribution in [0.3, 0.4) is 0 Å². The van der Waals surface area contributed by atoms with Crippen molar-refractivity contribution in [1.82, 2.24) is 15.6 Å². The average Bonchev–Trinajstić information content (AvgIpc) is 3.27. The zero-order valence-corrected chi connectivity index (χ0v) is 19.0. The van der Waals surface area contributed by atoms with Crippen LogP contribution in [-0.4, -0.2) is 36.0 Å². The number of rotatable bonds is 10. The number of methoxy groups -OCH3 is 1. The van der Waals surface area contributed by atoms with Crippen LogP contribution in [0.25, 0.3) is 0 Å². The predicted molar refractivity (Wildman–Crippen MR) is 121 cm³/mol. The van der Waals surface area contributed by atoms with Crippen molar-refractivity contribution in [2.45, 2.75) is 70.6 Å². The third-order valence-corrected chi connectivity index (χ3v) is 6.21. The average molecular weight is 446 g/mol. The van der Waals surface area contributed by atoms with Crippen LogP contribution >= 0.6 is 11.3 Å². The lowest BCUT2D eigenvalue weighted by Gasteiger charge is -2.32. The van der Waals surface area contributed by atoms with Crippen LogP contribution in [0.15, 0.2) is 29.6 Å². The Labute approximate surface area is 187 Å². The number of hydrogen-bond donors (Lipinski definition) is 2. The van der Waals surface area contributed by atoms with E-state index >= 15 is 0 Å². The molecule has 2 amide bonds. The molecule has 0 radical (unpaired) electrons. The van der Waals surface area contributed by atoms with Crippen molar-refractivity contribution in [3.8, 4) is 11.5 Å². The van der Waals surface area contributed by atoms with E-state index in [1.807, 2.05) is 24.3 Å². The lowest BCUT2D eigenvalue weighted by atomic mass is 9.90. The Balaban J connectivity index is 1.55. The molecule has 2 atom stereocenters. The lowest BCUT2D eigenvalue weighted by Crippen LogP contribution is -2.53. The van der Waals surface area contributed by atoms with Gasteiger partial charge < -0.3 is 20.1 Å². The van der Waals surface area contributed by atoms with Crippen molar-refractivity contribution in [3.05, 3.63) is 40.3 Å². The van der Waals surface area contributed by atoms with Gasteiger partial charge in [0, 0.05) is 23.9 Å². The van der Waals surface area contributed by atoms with Crippen molar-refractivity contribution < 1.29 is 19.1 Å². The molecule has 8 heteroatoms. The largest absolute Gasteiger partial charge is 0.493 e. The van der Waals surface area contributed by atoms with Gasteiger partial charge in [-0.2, -0.15) is 0 Å². The van der Waals surface area contributed by atoms with Gasteiger partial charge in [0.2, 0.25) is 5.91 Å². The van der Waals surface area contributed by atoms with E-state index in [9.17, 15) is 9.59 Å². The van der Waals surface area contributed by atoms with Crippen molar-refractivity contribution in [2.24, 2.45) is 0 Å². The zero-order chi connectivity index (χ0) is 22.1. The molecule has 2 N–H and O–H groups in total. The van der Waals surface area contributed by atoms with E-state index in [-0.39, 0.29) is 30.5 Å². The van der Waals surface area contributed by atoms with E-state index < -0.39 is 0 Å². The van der Waals surface area contributed by atoms with E-state index in [4.69, 9.17) is 9.47 Å². The van der Waals surface area contributed by atoms with Crippen molar-refractivity contribution in [1.29, 1.82) is 0 Å². The van der Waals surface area contributed by atoms with E-state index in [1.54, 1.807) is 12.5 Å². The van der Waals surface area contributed by atoms with Gasteiger partial charge in [-0.1, -0.05) is 38.3 Å². The van der Waals surface area contributed by atoms with Gasteiger partial charge >= 0.3 is 0 Å². The van der Waals surface area contributed by atoms with Gasteiger partial charge in [0.05, 0.1) is 7.11 Å². The number of thiazole rings is 1. The molecule has 1 aliphatic carbocycles. The molecule has 1 fully saturated rings. The molecule has 1 aliphatic rings. The smallest absolute Gasteiger partial charge is 0.271 e. The summed E-state index contributed by atoms with van der Waals surface area (Å²) < 4.78 is 11.1. The molecule has 7 nitrogen and oxygen atoms in total. The first-order chi connectivity index (χ1) is 15.1. The normalized spacial score (nSPS) is 18.3. The van der Waals surface area contributed by atoms with E-state index in [1.165, 1.54) is 11.3 Å². The Morgan fingerprint density at radius 1 is 1.13 bits per heavy atom. The van der Waals surface area contributed by atoms with Crippen LogP contribution in [0.5, 0.6) is 11.5 Å². The zero-order valence-electron chi connectivity index (χ0n) is 18.2. The van der Waals surface area contributed by atoms with Crippen LogP contribution in [0, 0.1) is 0 Å². The Morgan fingerprint density at radius 3 is 2.55 bits per heavy atom. The third-order valence-electron chi connectivity index (χ3n) is 5.39. The van der Waals surface area contributed by atoms with Gasteiger partial charge in [-0.15, -0.1) is 11.3 Å². The monoisotopic (exact) mass is 445 g/mol. The minimum absolute atomic E-state index is 0.0194. The summed E-state index contributed by atoms with van der Waals surface area (Å²) in [5.41, 5.74) is 0.380. The minimum Gasteiger partial charge on any atom is -0.493 e. The second-order valence-corrected chi connectivity index (χ2v) is 8.65. The molecule has 1 aromatic heterocycles. The molecule has 3 rings (SSSR count). The molecule has 2 aromatic rings. The highest BCUT2D eigenvalue weighted by atomic mass is 32.1. The molecule has 31 heavy (non-hydrogen) atoms. The highest BCUT2D eigenvalue weighted by molar-refractivity contribution is 7.09. The van der Waals surface area contributed by atoms with Gasteiger partial charge in [0.1, 0.15) is 17.3 Å². The highest BCUT2D eigenvalue weighted by Crippen LogP contribution is 2.27. The lowest BCUT2D eigenvalue weighted by molar-refractivity contribution is -0.122. The Morgan fingerprint density at radius 2 is 1.84 bits per heavy atom. The highest BCUT2D eigenvalue weighted by Gasteiger charge is 2.28. The second kappa shape index (κ2) is 11.7. The van der Waals surface area contributed by atoms with Gasteiger partial charge in [-0.05, 0) is 31.4 Å². The summed E-state index contributed by atoms with van der Waals surface area (Å²) in [6.07, 6.45) is 6.26. The maximum absolute atomic E-state index is 12.8. The summed E-state index contributed by atoms with van der Waals surface area (Å²) in [6.45, 7) is 2.33. The van der Waals surface area contributed by atoms with Crippen LogP contribution in [0.2, 0.25) is 0 Å². The number of para-hydroxylation sites is 2. The molecular formula is C23H31N3O4S. The molecule has 0 aliphatic heterocycles. The van der Waals surface area contributed by atoms with E-state index in [0.717, 1.165) is 38.5 Å². The molecule has 0 spiro atoms. The van der Waals surface area contributed by atoms with Gasteiger partial charge in [-0.3, -0.25) is 9.59 Å². The fourth-order valence-corrected chi connectivity index (χ4v) is 4.38. The van der Waals surface area contributed by atoms with E-state index in [2.05, 4.69) is 22.5 Å². The number of nitrogens with one attached hydrogen (secondary N) is 2. The summed E-state index contributed by atoms with van der Waals surface area (Å²) in [4.78, 5) is 29.3. The molecule has 0 bridgehead atoms. The molecule has 1 heterocycles. The van der Waals surface area contributed by atoms with Gasteiger partial charge in [-0.25, -0.2) is 4.98 Å². The first-order valence-electron chi connectivity index (χ1n) is 10.9. The number of benzene rings is 1. The Bertz CT molecular complexity index is 870. The molecule has 1 saturated carbocycles.